The number of ether oxygens (including phenoxy) is 2. The van der Waals surface area contributed by atoms with E-state index in [1.54, 1.807) is 4.90 Å². The number of benzene rings is 2. The van der Waals surface area contributed by atoms with Gasteiger partial charge in [-0.15, -0.1) is 0 Å². The van der Waals surface area contributed by atoms with Crippen LogP contribution in [0.4, 0.5) is 19.3 Å². The van der Waals surface area contributed by atoms with E-state index >= 15 is 0 Å². The van der Waals surface area contributed by atoms with Crippen LogP contribution < -0.4 is 14.8 Å². The maximum atomic E-state index is 13.7. The first kappa shape index (κ1) is 17.5. The van der Waals surface area contributed by atoms with Gasteiger partial charge in [-0.3, -0.25) is 4.90 Å². The number of piperazine rings is 1. The third-order valence-electron chi connectivity index (χ3n) is 4.70. The summed E-state index contributed by atoms with van der Waals surface area (Å²) in [6.07, 6.45) is 0. The van der Waals surface area contributed by atoms with Crippen molar-refractivity contribution in [2.45, 2.75) is 6.54 Å². The number of nitrogens with zero attached hydrogens (tertiary/aromatic N) is 2. The standard InChI is InChI=1S/C19H19F2N3O3/c20-14-2-1-3-15(21)18(14)22-19(25)24-8-6-23(7-9-24)11-13-4-5-16-17(10-13)27-12-26-16/h1-5,10H,6-9,11-12H2,(H,22,25). The molecule has 142 valence electrons. The molecule has 2 aliphatic rings. The van der Waals surface area contributed by atoms with Crippen molar-refractivity contribution in [3.05, 3.63) is 53.6 Å². The number of anilines is 1. The van der Waals surface area contributed by atoms with Gasteiger partial charge in [-0.2, -0.15) is 0 Å². The minimum atomic E-state index is -0.787. The van der Waals surface area contributed by atoms with Gasteiger partial charge in [0.15, 0.2) is 11.5 Å². The minimum absolute atomic E-state index is 0.245. The van der Waals surface area contributed by atoms with E-state index < -0.39 is 23.4 Å². The van der Waals surface area contributed by atoms with Crippen LogP contribution >= 0.6 is 0 Å². The van der Waals surface area contributed by atoms with Crippen LogP contribution in [-0.2, 0) is 6.54 Å². The zero-order chi connectivity index (χ0) is 18.8. The Kier molecular flexibility index (Phi) is 4.81. The number of hydrogen-bond acceptors (Lipinski definition) is 4. The van der Waals surface area contributed by atoms with E-state index in [1.165, 1.54) is 6.07 Å². The van der Waals surface area contributed by atoms with Gasteiger partial charge in [0.2, 0.25) is 6.79 Å². The van der Waals surface area contributed by atoms with E-state index in [9.17, 15) is 13.6 Å². The molecule has 2 aliphatic heterocycles. The summed E-state index contributed by atoms with van der Waals surface area (Å²) in [6.45, 7) is 3.27. The summed E-state index contributed by atoms with van der Waals surface area (Å²) in [5, 5.41) is 2.33. The van der Waals surface area contributed by atoms with Crippen LogP contribution in [0.15, 0.2) is 36.4 Å². The second-order valence-corrected chi connectivity index (χ2v) is 6.48. The molecule has 0 atom stereocenters. The summed E-state index contributed by atoms with van der Waals surface area (Å²) >= 11 is 0. The summed E-state index contributed by atoms with van der Waals surface area (Å²) in [7, 11) is 0. The monoisotopic (exact) mass is 375 g/mol. The Morgan fingerprint density at radius 1 is 1.00 bits per heavy atom. The summed E-state index contributed by atoms with van der Waals surface area (Å²) < 4.78 is 38.1. The number of nitrogens with one attached hydrogen (secondary N) is 1. The number of carbonyl (C=O) groups is 1. The third kappa shape index (κ3) is 3.80. The number of carbonyl (C=O) groups excluding carboxylic acids is 1. The Morgan fingerprint density at radius 2 is 1.70 bits per heavy atom. The van der Waals surface area contributed by atoms with Crippen LogP contribution in [0.3, 0.4) is 0 Å². The molecular weight excluding hydrogens is 356 g/mol. The van der Waals surface area contributed by atoms with Crippen LogP contribution in [0.5, 0.6) is 11.5 Å². The predicted molar refractivity (Wildman–Crippen MR) is 94.8 cm³/mol. The molecule has 4 rings (SSSR count). The number of fused-ring (bicyclic) bond motifs is 1. The van der Waals surface area contributed by atoms with Crippen molar-refractivity contribution < 1.29 is 23.0 Å². The maximum absolute atomic E-state index is 13.7. The maximum Gasteiger partial charge on any atom is 0.322 e. The highest BCUT2D eigenvalue weighted by Gasteiger charge is 2.23. The molecule has 1 saturated heterocycles. The first-order chi connectivity index (χ1) is 13.1. The lowest BCUT2D eigenvalue weighted by Crippen LogP contribution is -2.49. The van der Waals surface area contributed by atoms with Crippen molar-refractivity contribution in [2.75, 3.05) is 38.3 Å². The highest BCUT2D eigenvalue weighted by Crippen LogP contribution is 2.32. The average molecular weight is 375 g/mol. The number of urea groups is 1. The van der Waals surface area contributed by atoms with Crippen LogP contribution in [0, 0.1) is 11.6 Å². The number of halogens is 2. The van der Waals surface area contributed by atoms with Crippen LogP contribution in [0.1, 0.15) is 5.56 Å². The highest BCUT2D eigenvalue weighted by atomic mass is 19.1. The fourth-order valence-corrected chi connectivity index (χ4v) is 3.21. The van der Waals surface area contributed by atoms with Gasteiger partial charge < -0.3 is 19.7 Å². The minimum Gasteiger partial charge on any atom is -0.454 e. The molecule has 0 saturated carbocycles. The Bertz CT molecular complexity index is 834. The molecule has 0 aliphatic carbocycles. The predicted octanol–water partition coefficient (Wildman–Crippen LogP) is 3.04. The Morgan fingerprint density at radius 3 is 2.44 bits per heavy atom. The van der Waals surface area contributed by atoms with Crippen LogP contribution in [0.2, 0.25) is 0 Å². The van der Waals surface area contributed by atoms with Crippen molar-refractivity contribution in [3.63, 3.8) is 0 Å². The summed E-state index contributed by atoms with van der Waals surface area (Å²) in [5.74, 6) is -0.0763. The largest absolute Gasteiger partial charge is 0.454 e. The number of hydrogen-bond donors (Lipinski definition) is 1. The van der Waals surface area contributed by atoms with Crippen molar-refractivity contribution in [1.82, 2.24) is 9.80 Å². The lowest BCUT2D eigenvalue weighted by Gasteiger charge is -2.34. The van der Waals surface area contributed by atoms with Gasteiger partial charge in [0, 0.05) is 32.7 Å². The molecule has 0 radical (unpaired) electrons. The van der Waals surface area contributed by atoms with Gasteiger partial charge in [-0.05, 0) is 29.8 Å². The van der Waals surface area contributed by atoms with Crippen molar-refractivity contribution >= 4 is 11.7 Å². The molecule has 27 heavy (non-hydrogen) atoms. The van der Waals surface area contributed by atoms with Gasteiger partial charge in [0.05, 0.1) is 0 Å². The van der Waals surface area contributed by atoms with Crippen molar-refractivity contribution in [1.29, 1.82) is 0 Å². The second kappa shape index (κ2) is 7.40. The highest BCUT2D eigenvalue weighted by molar-refractivity contribution is 5.89. The van der Waals surface area contributed by atoms with E-state index in [0.29, 0.717) is 26.2 Å². The Balaban J connectivity index is 1.31. The zero-order valence-corrected chi connectivity index (χ0v) is 14.6. The molecule has 0 unspecified atom stereocenters. The molecule has 2 heterocycles. The van der Waals surface area contributed by atoms with E-state index in [1.807, 2.05) is 18.2 Å². The normalized spacial score (nSPS) is 16.4. The molecule has 2 amide bonds. The third-order valence-corrected chi connectivity index (χ3v) is 4.70. The topological polar surface area (TPSA) is 54.0 Å². The fourth-order valence-electron chi connectivity index (χ4n) is 3.21. The number of rotatable bonds is 3. The van der Waals surface area contributed by atoms with E-state index in [-0.39, 0.29) is 6.79 Å². The molecular formula is C19H19F2N3O3. The first-order valence-electron chi connectivity index (χ1n) is 8.71. The molecule has 8 heteroatoms. The molecule has 6 nitrogen and oxygen atoms in total. The quantitative estimate of drug-likeness (QED) is 0.896. The molecule has 1 fully saturated rings. The van der Waals surface area contributed by atoms with E-state index in [2.05, 4.69) is 10.2 Å². The smallest absolute Gasteiger partial charge is 0.322 e. The van der Waals surface area contributed by atoms with Gasteiger partial charge in [-0.25, -0.2) is 13.6 Å². The summed E-state index contributed by atoms with van der Waals surface area (Å²) in [5.41, 5.74) is 0.691. The first-order valence-corrected chi connectivity index (χ1v) is 8.71. The lowest BCUT2D eigenvalue weighted by molar-refractivity contribution is 0.143. The summed E-state index contributed by atoms with van der Waals surface area (Å²) in [4.78, 5) is 16.1. The lowest BCUT2D eigenvalue weighted by atomic mass is 10.1. The SMILES string of the molecule is O=C(Nc1c(F)cccc1F)N1CCN(Cc2ccc3c(c2)OCO3)CC1. The molecule has 0 spiro atoms. The van der Waals surface area contributed by atoms with Crippen LogP contribution in [-0.4, -0.2) is 48.8 Å². The van der Waals surface area contributed by atoms with Crippen molar-refractivity contribution in [2.24, 2.45) is 0 Å². The summed E-state index contributed by atoms with van der Waals surface area (Å²) in [6, 6.07) is 8.83. The second-order valence-electron chi connectivity index (χ2n) is 6.48. The van der Waals surface area contributed by atoms with Crippen molar-refractivity contribution in [3.8, 4) is 11.5 Å². The number of para-hydroxylation sites is 1. The van der Waals surface area contributed by atoms with E-state index in [4.69, 9.17) is 9.47 Å². The van der Waals surface area contributed by atoms with E-state index in [0.717, 1.165) is 35.7 Å². The Labute approximate surface area is 155 Å². The number of amides is 2. The molecule has 0 bridgehead atoms. The molecule has 2 aromatic rings. The van der Waals surface area contributed by atoms with Gasteiger partial charge in [0.1, 0.15) is 17.3 Å². The van der Waals surface area contributed by atoms with Crippen LogP contribution in [0.25, 0.3) is 0 Å². The Hall–Kier alpha value is -2.87. The fraction of sp³-hybridized carbons (Fsp3) is 0.316. The molecule has 0 aromatic heterocycles. The van der Waals surface area contributed by atoms with Gasteiger partial charge in [-0.1, -0.05) is 12.1 Å². The molecule has 2 aromatic carbocycles. The van der Waals surface area contributed by atoms with Gasteiger partial charge >= 0.3 is 6.03 Å². The zero-order valence-electron chi connectivity index (χ0n) is 14.6. The average Bonchev–Trinajstić information content (AvgIpc) is 3.13. The molecule has 1 N–H and O–H groups in total. The van der Waals surface area contributed by atoms with Gasteiger partial charge in [0.25, 0.3) is 0 Å².